The van der Waals surface area contributed by atoms with Gasteiger partial charge in [-0.2, -0.15) is 0 Å². The number of nitro groups is 1. The summed E-state index contributed by atoms with van der Waals surface area (Å²) >= 11 is 0. The lowest BCUT2D eigenvalue weighted by Crippen LogP contribution is -2.49. The monoisotopic (exact) mass is 341 g/mol. The Bertz CT molecular complexity index is 680. The molecule has 0 bridgehead atoms. The second-order valence-electron chi connectivity index (χ2n) is 6.28. The Hall–Kier alpha value is -1.51. The number of hydrogen-bond acceptors (Lipinski definition) is 5. The number of hydrogen-bond donors (Lipinski definition) is 2. The summed E-state index contributed by atoms with van der Waals surface area (Å²) in [4.78, 5) is 10.2. The first-order valence-corrected chi connectivity index (χ1v) is 9.26. The third-order valence-corrected chi connectivity index (χ3v) is 5.96. The van der Waals surface area contributed by atoms with E-state index in [9.17, 15) is 18.5 Å². The molecular weight excluding hydrogens is 318 g/mol. The van der Waals surface area contributed by atoms with E-state index < -0.39 is 26.2 Å². The Balaban J connectivity index is 2.24. The fourth-order valence-corrected chi connectivity index (χ4v) is 4.58. The van der Waals surface area contributed by atoms with Crippen LogP contribution in [0.5, 0.6) is 0 Å². The van der Waals surface area contributed by atoms with Crippen molar-refractivity contribution in [2.45, 2.75) is 55.9 Å². The van der Waals surface area contributed by atoms with Crippen molar-refractivity contribution in [1.29, 1.82) is 0 Å². The maximum atomic E-state index is 12.6. The van der Waals surface area contributed by atoms with Gasteiger partial charge < -0.3 is 5.73 Å². The van der Waals surface area contributed by atoms with Gasteiger partial charge >= 0.3 is 0 Å². The molecule has 1 aliphatic carbocycles. The molecule has 1 fully saturated rings. The van der Waals surface area contributed by atoms with Crippen molar-refractivity contribution in [2.75, 3.05) is 6.54 Å². The Morgan fingerprint density at radius 1 is 1.26 bits per heavy atom. The molecule has 0 aliphatic heterocycles. The van der Waals surface area contributed by atoms with Gasteiger partial charge in [0.25, 0.3) is 5.69 Å². The van der Waals surface area contributed by atoms with Gasteiger partial charge in [0.15, 0.2) is 4.90 Å². The molecule has 1 aliphatic rings. The summed E-state index contributed by atoms with van der Waals surface area (Å²) in [6.45, 7) is 1.65. The molecule has 23 heavy (non-hydrogen) atoms. The van der Waals surface area contributed by atoms with Crippen LogP contribution in [0.4, 0.5) is 5.69 Å². The third kappa shape index (κ3) is 4.27. The van der Waals surface area contributed by atoms with Gasteiger partial charge in [-0.3, -0.25) is 10.1 Å². The normalized spacial score (nSPS) is 18.3. The number of nitro benzene ring substituents is 1. The molecule has 8 heteroatoms. The lowest BCUT2D eigenvalue weighted by atomic mass is 9.92. The van der Waals surface area contributed by atoms with Crippen LogP contribution in [0.15, 0.2) is 23.1 Å². The zero-order chi connectivity index (χ0) is 17.1. The summed E-state index contributed by atoms with van der Waals surface area (Å²) < 4.78 is 27.6. The van der Waals surface area contributed by atoms with Crippen molar-refractivity contribution < 1.29 is 13.3 Å². The number of aryl methyl sites for hydroxylation is 1. The smallest absolute Gasteiger partial charge is 0.289 e. The van der Waals surface area contributed by atoms with E-state index in [-0.39, 0.29) is 11.4 Å². The zero-order valence-corrected chi connectivity index (χ0v) is 14.1. The van der Waals surface area contributed by atoms with Crippen molar-refractivity contribution in [1.82, 2.24) is 4.72 Å². The Morgan fingerprint density at radius 2 is 1.87 bits per heavy atom. The Labute approximate surface area is 136 Å². The number of nitrogens with two attached hydrogens (primary N) is 1. The minimum Gasteiger partial charge on any atom is -0.324 e. The Morgan fingerprint density at radius 3 is 2.43 bits per heavy atom. The molecule has 0 aromatic heterocycles. The number of rotatable bonds is 5. The van der Waals surface area contributed by atoms with Gasteiger partial charge in [0.05, 0.1) is 4.92 Å². The van der Waals surface area contributed by atoms with Crippen LogP contribution in [0.1, 0.15) is 44.1 Å². The van der Waals surface area contributed by atoms with Gasteiger partial charge in [-0.15, -0.1) is 0 Å². The molecule has 0 amide bonds. The molecule has 1 saturated carbocycles. The molecule has 0 heterocycles. The second kappa shape index (κ2) is 6.94. The standard InChI is InChI=1S/C15H23N3O4S/c1-12-7-6-8-13(18(19)20)14(12)23(21,22)17-11-15(16)9-4-2-3-5-10-15/h6-8,17H,2-5,9-11,16H2,1H3. The molecule has 0 atom stereocenters. The van der Waals surface area contributed by atoms with Crippen molar-refractivity contribution in [2.24, 2.45) is 5.73 Å². The molecule has 1 aromatic carbocycles. The van der Waals surface area contributed by atoms with Crippen molar-refractivity contribution >= 4 is 15.7 Å². The summed E-state index contributed by atoms with van der Waals surface area (Å²) in [5.74, 6) is 0. The van der Waals surface area contributed by atoms with Crippen LogP contribution in [0.2, 0.25) is 0 Å². The summed E-state index contributed by atoms with van der Waals surface area (Å²) in [5, 5.41) is 11.1. The first-order chi connectivity index (χ1) is 10.8. The highest BCUT2D eigenvalue weighted by molar-refractivity contribution is 7.89. The molecular formula is C15H23N3O4S. The fourth-order valence-electron chi connectivity index (χ4n) is 3.05. The maximum absolute atomic E-state index is 12.6. The van der Waals surface area contributed by atoms with Crippen LogP contribution >= 0.6 is 0 Å². The minimum absolute atomic E-state index is 0.0980. The second-order valence-corrected chi connectivity index (χ2v) is 7.99. The van der Waals surface area contributed by atoms with Gasteiger partial charge in [-0.05, 0) is 25.3 Å². The predicted molar refractivity (Wildman–Crippen MR) is 87.6 cm³/mol. The number of sulfonamides is 1. The van der Waals surface area contributed by atoms with E-state index >= 15 is 0 Å². The molecule has 0 spiro atoms. The average molecular weight is 341 g/mol. The largest absolute Gasteiger partial charge is 0.324 e. The fraction of sp³-hybridized carbons (Fsp3) is 0.600. The zero-order valence-electron chi connectivity index (χ0n) is 13.2. The molecule has 0 saturated heterocycles. The van der Waals surface area contributed by atoms with E-state index in [1.165, 1.54) is 12.1 Å². The first-order valence-electron chi connectivity index (χ1n) is 7.78. The van der Waals surface area contributed by atoms with Gasteiger partial charge in [-0.25, -0.2) is 13.1 Å². The highest BCUT2D eigenvalue weighted by Crippen LogP contribution is 2.28. The Kier molecular flexibility index (Phi) is 5.38. The van der Waals surface area contributed by atoms with Gasteiger partial charge in [0, 0.05) is 18.2 Å². The van der Waals surface area contributed by atoms with Gasteiger partial charge in [-0.1, -0.05) is 37.8 Å². The van der Waals surface area contributed by atoms with Crippen molar-refractivity contribution in [3.05, 3.63) is 33.9 Å². The van der Waals surface area contributed by atoms with Crippen LogP contribution in [-0.2, 0) is 10.0 Å². The van der Waals surface area contributed by atoms with E-state index in [0.29, 0.717) is 5.56 Å². The van der Waals surface area contributed by atoms with Crippen LogP contribution in [0.3, 0.4) is 0 Å². The maximum Gasteiger partial charge on any atom is 0.289 e. The lowest BCUT2D eigenvalue weighted by molar-refractivity contribution is -0.387. The van der Waals surface area contributed by atoms with E-state index in [0.717, 1.165) is 38.5 Å². The highest BCUT2D eigenvalue weighted by atomic mass is 32.2. The summed E-state index contributed by atoms with van der Waals surface area (Å²) in [6, 6.07) is 4.22. The van der Waals surface area contributed by atoms with Gasteiger partial charge in [0.2, 0.25) is 10.0 Å². The third-order valence-electron chi connectivity index (χ3n) is 4.37. The van der Waals surface area contributed by atoms with E-state index in [1.54, 1.807) is 13.0 Å². The average Bonchev–Trinajstić information content (AvgIpc) is 2.70. The van der Waals surface area contributed by atoms with Crippen molar-refractivity contribution in [3.8, 4) is 0 Å². The number of nitrogens with one attached hydrogen (secondary N) is 1. The minimum atomic E-state index is -3.99. The molecule has 7 nitrogen and oxygen atoms in total. The van der Waals surface area contributed by atoms with Gasteiger partial charge in [0.1, 0.15) is 0 Å². The van der Waals surface area contributed by atoms with E-state index in [4.69, 9.17) is 5.73 Å². The summed E-state index contributed by atoms with van der Waals surface area (Å²) in [5.41, 5.74) is 5.67. The molecule has 0 unspecified atom stereocenters. The predicted octanol–water partition coefficient (Wildman–Crippen LogP) is 2.23. The SMILES string of the molecule is Cc1cccc([N+](=O)[O-])c1S(=O)(=O)NCC1(N)CCCCCC1. The number of benzene rings is 1. The van der Waals surface area contributed by atoms with E-state index in [2.05, 4.69) is 4.72 Å². The highest BCUT2D eigenvalue weighted by Gasteiger charge is 2.32. The first kappa shape index (κ1) is 17.8. The molecule has 128 valence electrons. The van der Waals surface area contributed by atoms with Crippen LogP contribution < -0.4 is 10.5 Å². The number of nitrogens with zero attached hydrogens (tertiary/aromatic N) is 1. The van der Waals surface area contributed by atoms with Crippen LogP contribution in [0, 0.1) is 17.0 Å². The summed E-state index contributed by atoms with van der Waals surface area (Å²) in [6.07, 6.45) is 5.67. The molecule has 0 radical (unpaired) electrons. The lowest BCUT2D eigenvalue weighted by Gasteiger charge is -2.28. The topological polar surface area (TPSA) is 115 Å². The van der Waals surface area contributed by atoms with Crippen LogP contribution in [-0.4, -0.2) is 25.4 Å². The quantitative estimate of drug-likeness (QED) is 0.484. The molecule has 3 N–H and O–H groups in total. The van der Waals surface area contributed by atoms with Crippen molar-refractivity contribution in [3.63, 3.8) is 0 Å². The summed E-state index contributed by atoms with van der Waals surface area (Å²) in [7, 11) is -3.99. The molecule has 2 rings (SSSR count). The molecule has 1 aromatic rings. The van der Waals surface area contributed by atoms with Crippen LogP contribution in [0.25, 0.3) is 0 Å². The van der Waals surface area contributed by atoms with E-state index in [1.807, 2.05) is 0 Å².